The van der Waals surface area contributed by atoms with Gasteiger partial charge in [0.25, 0.3) is 0 Å². The van der Waals surface area contributed by atoms with Crippen LogP contribution in [0.3, 0.4) is 0 Å². The van der Waals surface area contributed by atoms with Crippen LogP contribution in [0.15, 0.2) is 42.5 Å². The molecule has 0 N–H and O–H groups in total. The number of carbonyl (C=O) groups excluding carboxylic acids is 1. The van der Waals surface area contributed by atoms with Crippen molar-refractivity contribution in [1.29, 1.82) is 0 Å². The zero-order valence-electron chi connectivity index (χ0n) is 21.1. The number of unbranched alkanes of at least 4 members (excludes halogenated alkanes) is 6. The van der Waals surface area contributed by atoms with E-state index in [1.54, 1.807) is 30.3 Å². The van der Waals surface area contributed by atoms with Gasteiger partial charge in [-0.2, -0.15) is 0 Å². The number of hydrogen-bond acceptors (Lipinski definition) is 5. The van der Waals surface area contributed by atoms with Crippen molar-refractivity contribution in [3.05, 3.63) is 59.4 Å². The summed E-state index contributed by atoms with van der Waals surface area (Å²) in [5.41, 5.74) is 1.17. The maximum Gasteiger partial charge on any atom is 0.343 e. The smallest absolute Gasteiger partial charge is 0.343 e. The van der Waals surface area contributed by atoms with Crippen LogP contribution in [0, 0.1) is 11.7 Å². The molecule has 192 valence electrons. The van der Waals surface area contributed by atoms with Crippen molar-refractivity contribution in [3.63, 3.8) is 0 Å². The molecule has 0 atom stereocenters. The van der Waals surface area contributed by atoms with Crippen LogP contribution in [0.5, 0.6) is 11.5 Å². The van der Waals surface area contributed by atoms with Crippen molar-refractivity contribution in [3.8, 4) is 11.5 Å². The van der Waals surface area contributed by atoms with Crippen molar-refractivity contribution in [2.75, 3.05) is 19.8 Å². The predicted molar refractivity (Wildman–Crippen MR) is 134 cm³/mol. The molecular weight excluding hydrogens is 447 g/mol. The van der Waals surface area contributed by atoms with Crippen LogP contribution in [0.25, 0.3) is 0 Å². The fourth-order valence-corrected chi connectivity index (χ4v) is 4.07. The number of rotatable bonds is 14. The van der Waals surface area contributed by atoms with Crippen molar-refractivity contribution < 1.29 is 28.1 Å². The minimum atomic E-state index is -0.629. The van der Waals surface area contributed by atoms with E-state index in [4.69, 9.17) is 18.9 Å². The second-order valence-electron chi connectivity index (χ2n) is 9.23. The average molecular weight is 487 g/mol. The standard InChI is InChI=1S/C29H39FO5/c1-3-5-7-8-10-18-32-25-16-17-27(26(30)19-25)35-28(31)23-12-14-24(15-13-23)29-33-20-22(21-34-29)11-9-6-4-2/h12-17,19,22,29H,3-11,18,20-21H2,1-2H3. The van der Waals surface area contributed by atoms with E-state index < -0.39 is 18.1 Å². The minimum Gasteiger partial charge on any atom is -0.493 e. The van der Waals surface area contributed by atoms with E-state index in [2.05, 4.69) is 13.8 Å². The van der Waals surface area contributed by atoms with E-state index in [-0.39, 0.29) is 5.75 Å². The third kappa shape index (κ3) is 8.93. The van der Waals surface area contributed by atoms with Crippen LogP contribution >= 0.6 is 0 Å². The molecule has 2 aromatic carbocycles. The van der Waals surface area contributed by atoms with Crippen LogP contribution in [-0.2, 0) is 9.47 Å². The lowest BCUT2D eigenvalue weighted by Gasteiger charge is -2.29. The maximum atomic E-state index is 14.4. The highest BCUT2D eigenvalue weighted by Gasteiger charge is 2.23. The lowest BCUT2D eigenvalue weighted by atomic mass is 10.0. The second kappa shape index (κ2) is 14.8. The fraction of sp³-hybridized carbons (Fsp3) is 0.552. The second-order valence-corrected chi connectivity index (χ2v) is 9.23. The van der Waals surface area contributed by atoms with Crippen molar-refractivity contribution in [2.45, 2.75) is 77.9 Å². The van der Waals surface area contributed by atoms with Gasteiger partial charge in [-0.25, -0.2) is 9.18 Å². The van der Waals surface area contributed by atoms with Gasteiger partial charge in [0, 0.05) is 17.5 Å². The first-order chi connectivity index (χ1) is 17.1. The Balaban J connectivity index is 1.45. The molecule has 35 heavy (non-hydrogen) atoms. The SMILES string of the molecule is CCCCCCCOc1ccc(OC(=O)c2ccc(C3OCC(CCCCC)CO3)cc2)c(F)c1. The number of carbonyl (C=O) groups is 1. The predicted octanol–water partition coefficient (Wildman–Crippen LogP) is 7.64. The van der Waals surface area contributed by atoms with E-state index in [1.807, 2.05) is 0 Å². The Kier molecular flexibility index (Phi) is 11.5. The molecule has 0 saturated carbocycles. The molecule has 0 bridgehead atoms. The molecule has 5 nitrogen and oxygen atoms in total. The molecule has 1 heterocycles. The first kappa shape index (κ1) is 27.2. The van der Waals surface area contributed by atoms with E-state index >= 15 is 0 Å². The summed E-state index contributed by atoms with van der Waals surface area (Å²) in [5, 5.41) is 0. The lowest BCUT2D eigenvalue weighted by molar-refractivity contribution is -0.206. The van der Waals surface area contributed by atoms with Crippen LogP contribution < -0.4 is 9.47 Å². The van der Waals surface area contributed by atoms with E-state index in [9.17, 15) is 9.18 Å². The van der Waals surface area contributed by atoms with Gasteiger partial charge in [0.2, 0.25) is 0 Å². The van der Waals surface area contributed by atoms with E-state index in [0.29, 0.717) is 37.1 Å². The molecule has 1 fully saturated rings. The number of hydrogen-bond donors (Lipinski definition) is 0. The lowest BCUT2D eigenvalue weighted by Crippen LogP contribution is -2.27. The van der Waals surface area contributed by atoms with Gasteiger partial charge in [-0.1, -0.05) is 70.9 Å². The summed E-state index contributed by atoms with van der Waals surface area (Å²) in [7, 11) is 0. The van der Waals surface area contributed by atoms with Crippen molar-refractivity contribution in [1.82, 2.24) is 0 Å². The Bertz CT molecular complexity index is 890. The quantitative estimate of drug-likeness (QED) is 0.156. The molecule has 1 aliphatic heterocycles. The summed E-state index contributed by atoms with van der Waals surface area (Å²) in [6.07, 6.45) is 9.96. The summed E-state index contributed by atoms with van der Waals surface area (Å²) in [6, 6.07) is 11.2. The molecule has 1 aliphatic rings. The van der Waals surface area contributed by atoms with E-state index in [0.717, 1.165) is 24.8 Å². The molecule has 1 saturated heterocycles. The van der Waals surface area contributed by atoms with Gasteiger partial charge >= 0.3 is 5.97 Å². The van der Waals surface area contributed by atoms with Gasteiger partial charge < -0.3 is 18.9 Å². The third-order valence-corrected chi connectivity index (χ3v) is 6.22. The molecule has 0 aromatic heterocycles. The largest absolute Gasteiger partial charge is 0.493 e. The molecule has 0 amide bonds. The van der Waals surface area contributed by atoms with Gasteiger partial charge in [0.15, 0.2) is 17.9 Å². The van der Waals surface area contributed by atoms with Gasteiger partial charge in [0.1, 0.15) is 5.75 Å². The number of halogens is 1. The average Bonchev–Trinajstić information content (AvgIpc) is 2.88. The third-order valence-electron chi connectivity index (χ3n) is 6.22. The Labute approximate surface area is 208 Å². The van der Waals surface area contributed by atoms with Gasteiger partial charge in [-0.3, -0.25) is 0 Å². The number of esters is 1. The molecular formula is C29H39FO5. The van der Waals surface area contributed by atoms with Crippen LogP contribution in [0.4, 0.5) is 4.39 Å². The minimum absolute atomic E-state index is 0.123. The summed E-state index contributed by atoms with van der Waals surface area (Å²) in [4.78, 5) is 12.5. The summed E-state index contributed by atoms with van der Waals surface area (Å²) >= 11 is 0. The van der Waals surface area contributed by atoms with Crippen LogP contribution in [0.1, 0.15) is 93.8 Å². The molecule has 6 heteroatoms. The van der Waals surface area contributed by atoms with E-state index in [1.165, 1.54) is 50.7 Å². The maximum absolute atomic E-state index is 14.4. The van der Waals surface area contributed by atoms with Crippen molar-refractivity contribution >= 4 is 5.97 Å². The zero-order chi connectivity index (χ0) is 24.9. The number of benzene rings is 2. The Morgan fingerprint density at radius 2 is 1.60 bits per heavy atom. The fourth-order valence-electron chi connectivity index (χ4n) is 4.07. The number of ether oxygens (including phenoxy) is 4. The first-order valence-corrected chi connectivity index (χ1v) is 13.1. The normalized spacial score (nSPS) is 17.8. The highest BCUT2D eigenvalue weighted by atomic mass is 19.1. The molecule has 2 aromatic rings. The summed E-state index contributed by atoms with van der Waals surface area (Å²) < 4.78 is 37.1. The topological polar surface area (TPSA) is 54.0 Å². The summed E-state index contributed by atoms with van der Waals surface area (Å²) in [6.45, 7) is 6.27. The molecule has 0 spiro atoms. The Morgan fingerprint density at radius 3 is 2.29 bits per heavy atom. The summed E-state index contributed by atoms with van der Waals surface area (Å²) in [5.74, 6) is -0.508. The van der Waals surface area contributed by atoms with Crippen LogP contribution in [-0.4, -0.2) is 25.8 Å². The highest BCUT2D eigenvalue weighted by Crippen LogP contribution is 2.28. The highest BCUT2D eigenvalue weighted by molar-refractivity contribution is 5.91. The Hall–Kier alpha value is -2.44. The molecule has 3 rings (SSSR count). The van der Waals surface area contributed by atoms with Gasteiger partial charge in [-0.15, -0.1) is 0 Å². The zero-order valence-corrected chi connectivity index (χ0v) is 21.1. The Morgan fingerprint density at radius 1 is 0.914 bits per heavy atom. The first-order valence-electron chi connectivity index (χ1n) is 13.1. The van der Waals surface area contributed by atoms with Gasteiger partial charge in [-0.05, 0) is 37.1 Å². The van der Waals surface area contributed by atoms with Crippen molar-refractivity contribution in [2.24, 2.45) is 5.92 Å². The molecule has 0 radical (unpaired) electrons. The van der Waals surface area contributed by atoms with Crippen LogP contribution in [0.2, 0.25) is 0 Å². The molecule has 0 unspecified atom stereocenters. The van der Waals surface area contributed by atoms with Gasteiger partial charge in [0.05, 0.1) is 25.4 Å². The monoisotopic (exact) mass is 486 g/mol. The molecule has 0 aliphatic carbocycles.